The third kappa shape index (κ3) is 5.69. The molecule has 1 saturated heterocycles. The van der Waals surface area contributed by atoms with E-state index in [1.54, 1.807) is 33.7 Å². The molecule has 0 unspecified atom stereocenters. The fourth-order valence-corrected chi connectivity index (χ4v) is 4.46. The molecule has 1 aliphatic heterocycles. The highest BCUT2D eigenvalue weighted by molar-refractivity contribution is 7.99. The lowest BCUT2D eigenvalue weighted by Gasteiger charge is -2.28. The Labute approximate surface area is 195 Å². The summed E-state index contributed by atoms with van der Waals surface area (Å²) < 4.78 is 34.7. The molecule has 0 saturated carbocycles. The minimum absolute atomic E-state index is 0.103. The van der Waals surface area contributed by atoms with Gasteiger partial charge in [-0.25, -0.2) is 8.78 Å². The number of amides is 1. The molecule has 4 rings (SSSR count). The lowest BCUT2D eigenvalue weighted by Crippen LogP contribution is -2.38. The molecule has 1 aromatic heterocycles. The smallest absolute Gasteiger partial charge is 0.233 e. The average Bonchev–Trinajstić information content (AvgIpc) is 3.25. The molecule has 0 atom stereocenters. The van der Waals surface area contributed by atoms with Crippen LogP contribution in [0.5, 0.6) is 0 Å². The number of benzene rings is 2. The standard InChI is InChI=1S/C23H25F2N5O2S/c1-2-28(15-17-5-3-6-18(24)13-17)21(31)16-33-23-27-26-22(29-9-11-32-12-10-29)30(23)20-8-4-7-19(25)14-20/h3-8,13-14H,2,9-12,15-16H2,1H3. The van der Waals surface area contributed by atoms with E-state index in [4.69, 9.17) is 4.74 Å². The summed E-state index contributed by atoms with van der Waals surface area (Å²) in [5, 5.41) is 9.14. The predicted molar refractivity (Wildman–Crippen MR) is 123 cm³/mol. The lowest BCUT2D eigenvalue weighted by atomic mass is 10.2. The van der Waals surface area contributed by atoms with Crippen LogP contribution in [0.15, 0.2) is 53.7 Å². The van der Waals surface area contributed by atoms with E-state index in [1.165, 1.54) is 36.0 Å². The molecular weight excluding hydrogens is 448 g/mol. The van der Waals surface area contributed by atoms with Crippen LogP contribution in [0.4, 0.5) is 14.7 Å². The van der Waals surface area contributed by atoms with E-state index in [9.17, 15) is 13.6 Å². The molecule has 2 heterocycles. The first kappa shape index (κ1) is 23.2. The van der Waals surface area contributed by atoms with Crippen molar-refractivity contribution in [3.63, 3.8) is 0 Å². The summed E-state index contributed by atoms with van der Waals surface area (Å²) in [6, 6.07) is 12.4. The molecule has 33 heavy (non-hydrogen) atoms. The number of carbonyl (C=O) groups is 1. The molecule has 1 amide bonds. The maximum Gasteiger partial charge on any atom is 0.233 e. The molecule has 10 heteroatoms. The van der Waals surface area contributed by atoms with Gasteiger partial charge in [-0.3, -0.25) is 9.36 Å². The van der Waals surface area contributed by atoms with Crippen LogP contribution in [0.3, 0.4) is 0 Å². The Balaban J connectivity index is 1.53. The molecule has 0 spiro atoms. The molecule has 2 aromatic carbocycles. The number of hydrogen-bond donors (Lipinski definition) is 0. The summed E-state index contributed by atoms with van der Waals surface area (Å²) in [7, 11) is 0. The number of morpholine rings is 1. The third-order valence-electron chi connectivity index (χ3n) is 5.30. The van der Waals surface area contributed by atoms with Gasteiger partial charge < -0.3 is 14.5 Å². The highest BCUT2D eigenvalue weighted by atomic mass is 32.2. The zero-order valence-corrected chi connectivity index (χ0v) is 19.1. The predicted octanol–water partition coefficient (Wildman–Crippen LogP) is 3.52. The number of rotatable bonds is 8. The van der Waals surface area contributed by atoms with Crippen LogP contribution in [0.1, 0.15) is 12.5 Å². The zero-order valence-electron chi connectivity index (χ0n) is 18.3. The van der Waals surface area contributed by atoms with Gasteiger partial charge in [-0.1, -0.05) is 30.0 Å². The Morgan fingerprint density at radius 3 is 2.52 bits per heavy atom. The Morgan fingerprint density at radius 1 is 1.09 bits per heavy atom. The molecule has 174 valence electrons. The van der Waals surface area contributed by atoms with Crippen LogP contribution in [-0.2, 0) is 16.1 Å². The van der Waals surface area contributed by atoms with Crippen molar-refractivity contribution >= 4 is 23.6 Å². The molecule has 1 fully saturated rings. The van der Waals surface area contributed by atoms with Gasteiger partial charge in [0.1, 0.15) is 11.6 Å². The van der Waals surface area contributed by atoms with Crippen molar-refractivity contribution in [2.45, 2.75) is 18.6 Å². The van der Waals surface area contributed by atoms with Crippen molar-refractivity contribution in [1.29, 1.82) is 0 Å². The molecule has 0 radical (unpaired) electrons. The first-order valence-corrected chi connectivity index (χ1v) is 11.7. The third-order valence-corrected chi connectivity index (χ3v) is 6.21. The van der Waals surface area contributed by atoms with Crippen LogP contribution in [0, 0.1) is 11.6 Å². The van der Waals surface area contributed by atoms with Gasteiger partial charge in [-0.2, -0.15) is 0 Å². The van der Waals surface area contributed by atoms with E-state index in [0.717, 1.165) is 5.56 Å². The number of halogens is 2. The molecule has 0 bridgehead atoms. The maximum atomic E-state index is 14.0. The second-order valence-electron chi connectivity index (χ2n) is 7.52. The van der Waals surface area contributed by atoms with Gasteiger partial charge in [0, 0.05) is 26.2 Å². The zero-order chi connectivity index (χ0) is 23.2. The fourth-order valence-electron chi connectivity index (χ4n) is 3.61. The number of ether oxygens (including phenoxy) is 1. The first-order valence-electron chi connectivity index (χ1n) is 10.7. The van der Waals surface area contributed by atoms with Crippen molar-refractivity contribution in [2.24, 2.45) is 0 Å². The number of anilines is 1. The summed E-state index contributed by atoms with van der Waals surface area (Å²) >= 11 is 1.24. The van der Waals surface area contributed by atoms with Crippen LogP contribution in [0.25, 0.3) is 5.69 Å². The van der Waals surface area contributed by atoms with Crippen LogP contribution >= 0.6 is 11.8 Å². The second kappa shape index (κ2) is 10.8. The molecule has 0 aliphatic carbocycles. The van der Waals surface area contributed by atoms with Gasteiger partial charge in [0.15, 0.2) is 5.16 Å². The molecular formula is C23H25F2N5O2S. The Bertz CT molecular complexity index is 1100. The van der Waals surface area contributed by atoms with Crippen LogP contribution in [-0.4, -0.2) is 64.2 Å². The summed E-state index contributed by atoms with van der Waals surface area (Å²) in [5.41, 5.74) is 1.32. The topological polar surface area (TPSA) is 63.5 Å². The normalized spacial score (nSPS) is 13.8. The number of carbonyl (C=O) groups excluding carboxylic acids is 1. The minimum atomic E-state index is -0.367. The van der Waals surface area contributed by atoms with Crippen molar-refractivity contribution in [1.82, 2.24) is 19.7 Å². The Morgan fingerprint density at radius 2 is 1.82 bits per heavy atom. The van der Waals surface area contributed by atoms with Crippen molar-refractivity contribution in [2.75, 3.05) is 43.5 Å². The van der Waals surface area contributed by atoms with Gasteiger partial charge >= 0.3 is 0 Å². The Kier molecular flexibility index (Phi) is 7.56. The number of hydrogen-bond acceptors (Lipinski definition) is 6. The number of thioether (sulfide) groups is 1. The number of nitrogens with zero attached hydrogens (tertiary/aromatic N) is 5. The quantitative estimate of drug-likeness (QED) is 0.467. The van der Waals surface area contributed by atoms with E-state index in [1.807, 2.05) is 11.8 Å². The van der Waals surface area contributed by atoms with E-state index < -0.39 is 0 Å². The van der Waals surface area contributed by atoms with E-state index >= 15 is 0 Å². The second-order valence-corrected chi connectivity index (χ2v) is 8.47. The van der Waals surface area contributed by atoms with Gasteiger partial charge in [-0.15, -0.1) is 10.2 Å². The summed E-state index contributed by atoms with van der Waals surface area (Å²) in [6.07, 6.45) is 0. The first-order chi connectivity index (χ1) is 16.0. The van der Waals surface area contributed by atoms with Crippen molar-refractivity contribution < 1.29 is 18.3 Å². The minimum Gasteiger partial charge on any atom is -0.378 e. The largest absolute Gasteiger partial charge is 0.378 e. The fraction of sp³-hybridized carbons (Fsp3) is 0.348. The highest BCUT2D eigenvalue weighted by Crippen LogP contribution is 2.28. The molecule has 7 nitrogen and oxygen atoms in total. The molecule has 3 aromatic rings. The molecule has 0 N–H and O–H groups in total. The Hall–Kier alpha value is -2.98. The molecule has 1 aliphatic rings. The van der Waals surface area contributed by atoms with Gasteiger partial charge in [-0.05, 0) is 42.8 Å². The van der Waals surface area contributed by atoms with Gasteiger partial charge in [0.05, 0.1) is 24.7 Å². The van der Waals surface area contributed by atoms with E-state index in [-0.39, 0.29) is 23.3 Å². The average molecular weight is 474 g/mol. The summed E-state index contributed by atoms with van der Waals surface area (Å²) in [5.74, 6) is -0.0863. The monoisotopic (exact) mass is 473 g/mol. The summed E-state index contributed by atoms with van der Waals surface area (Å²) in [6.45, 7) is 5.13. The lowest BCUT2D eigenvalue weighted by molar-refractivity contribution is -0.128. The maximum absolute atomic E-state index is 14.0. The van der Waals surface area contributed by atoms with Crippen molar-refractivity contribution in [3.8, 4) is 5.69 Å². The van der Waals surface area contributed by atoms with Crippen molar-refractivity contribution in [3.05, 3.63) is 65.7 Å². The van der Waals surface area contributed by atoms with Crippen LogP contribution < -0.4 is 4.90 Å². The number of aromatic nitrogens is 3. The van der Waals surface area contributed by atoms with Crippen LogP contribution in [0.2, 0.25) is 0 Å². The summed E-state index contributed by atoms with van der Waals surface area (Å²) in [4.78, 5) is 16.6. The highest BCUT2D eigenvalue weighted by Gasteiger charge is 2.23. The van der Waals surface area contributed by atoms with Gasteiger partial charge in [0.2, 0.25) is 11.9 Å². The SMILES string of the molecule is CCN(Cc1cccc(F)c1)C(=O)CSc1nnc(N2CCOCC2)n1-c1cccc(F)c1. The van der Waals surface area contributed by atoms with E-state index in [2.05, 4.69) is 10.2 Å². The van der Waals surface area contributed by atoms with Gasteiger partial charge in [0.25, 0.3) is 0 Å². The van der Waals surface area contributed by atoms with E-state index in [0.29, 0.717) is 56.2 Å².